The van der Waals surface area contributed by atoms with Gasteiger partial charge in [0.1, 0.15) is 5.92 Å². The van der Waals surface area contributed by atoms with Crippen molar-refractivity contribution in [1.82, 2.24) is 0 Å². The van der Waals surface area contributed by atoms with Crippen LogP contribution in [0.4, 0.5) is 13.2 Å². The van der Waals surface area contributed by atoms with Gasteiger partial charge in [-0.05, 0) is 0 Å². The first-order valence-electron chi connectivity index (χ1n) is 4.11. The first-order valence-corrected chi connectivity index (χ1v) is 5.52. The minimum Gasteiger partial charge on any atom is -0.289 e. The van der Waals surface area contributed by atoms with E-state index in [4.69, 9.17) is 0 Å². The van der Waals surface area contributed by atoms with Crippen LogP contribution in [0.2, 0.25) is 0 Å². The van der Waals surface area contributed by atoms with Crippen molar-refractivity contribution < 1.29 is 45.0 Å². The Balaban J connectivity index is 2.84. The third-order valence-electron chi connectivity index (χ3n) is 1.96. The normalized spacial score (nSPS) is 18.8. The summed E-state index contributed by atoms with van der Waals surface area (Å²) in [5.74, 6) is -8.69. The molecule has 0 heterocycles. The van der Waals surface area contributed by atoms with Crippen LogP contribution < -0.4 is 0 Å². The zero-order chi connectivity index (χ0) is 14.3. The lowest BCUT2D eigenvalue weighted by molar-refractivity contribution is -0.142. The first kappa shape index (κ1) is 14.4. The molecular weight excluding hydrogens is 285 g/mol. The monoisotopic (exact) mass is 288 g/mol. The highest BCUT2D eigenvalue weighted by Crippen LogP contribution is 2.25. The number of carbonyl (C=O) groups is 4. The molecule has 1 aliphatic rings. The molecule has 100 valence electrons. The van der Waals surface area contributed by atoms with Gasteiger partial charge in [-0.25, -0.2) is 0 Å². The van der Waals surface area contributed by atoms with Crippen molar-refractivity contribution in [2.45, 2.75) is 5.51 Å². The van der Waals surface area contributed by atoms with Crippen molar-refractivity contribution in [3.63, 3.8) is 0 Å². The van der Waals surface area contributed by atoms with Crippen LogP contribution in [0.1, 0.15) is 0 Å². The molecule has 0 unspecified atom stereocenters. The van der Waals surface area contributed by atoms with E-state index < -0.39 is 51.3 Å². The summed E-state index contributed by atoms with van der Waals surface area (Å²) in [5.41, 5.74) is -5.73. The molecule has 0 aromatic carbocycles. The van der Waals surface area contributed by atoms with E-state index in [-0.39, 0.29) is 0 Å². The molecule has 0 aromatic heterocycles. The van der Waals surface area contributed by atoms with E-state index in [0.29, 0.717) is 0 Å². The molecule has 1 aliphatic carbocycles. The average Bonchev–Trinajstić information content (AvgIpc) is 2.40. The zero-order valence-electron chi connectivity index (χ0n) is 8.18. The van der Waals surface area contributed by atoms with Crippen LogP contribution in [0.25, 0.3) is 0 Å². The maximum absolute atomic E-state index is 11.8. The number of hydrogen-bond acceptors (Lipinski definition) is 7. The summed E-state index contributed by atoms with van der Waals surface area (Å²) in [7, 11) is -5.99. The fourth-order valence-electron chi connectivity index (χ4n) is 1.04. The Bertz CT molecular complexity index is 518. The van der Waals surface area contributed by atoms with Gasteiger partial charge in [0.05, 0.1) is 6.61 Å². The van der Waals surface area contributed by atoms with Crippen LogP contribution in [0, 0.1) is 5.92 Å². The molecule has 7 nitrogen and oxygen atoms in total. The predicted molar refractivity (Wildman–Crippen MR) is 44.4 cm³/mol. The number of carbonyl (C=O) groups excluding carboxylic acids is 4. The molecule has 1 fully saturated rings. The van der Waals surface area contributed by atoms with Gasteiger partial charge < -0.3 is 0 Å². The van der Waals surface area contributed by atoms with Gasteiger partial charge in [0.25, 0.3) is 11.6 Å². The molecule has 0 radical (unpaired) electrons. The smallest absolute Gasteiger partial charge is 0.289 e. The minimum atomic E-state index is -5.99. The summed E-state index contributed by atoms with van der Waals surface area (Å²) in [5, 5.41) is 0. The van der Waals surface area contributed by atoms with Gasteiger partial charge in [0, 0.05) is 0 Å². The first-order chi connectivity index (χ1) is 7.99. The number of halogens is 3. The van der Waals surface area contributed by atoms with Crippen LogP contribution in [0.5, 0.6) is 0 Å². The highest BCUT2D eigenvalue weighted by molar-refractivity contribution is 7.87. The van der Waals surface area contributed by atoms with Crippen molar-refractivity contribution in [2.24, 2.45) is 5.92 Å². The van der Waals surface area contributed by atoms with E-state index in [0.717, 1.165) is 0 Å². The Kier molecular flexibility index (Phi) is 3.40. The summed E-state index contributed by atoms with van der Waals surface area (Å²) in [6, 6.07) is 0. The Morgan fingerprint density at radius 1 is 1.00 bits per heavy atom. The lowest BCUT2D eigenvalue weighted by Gasteiger charge is -2.09. The predicted octanol–water partition coefficient (Wildman–Crippen LogP) is -1.24. The lowest BCUT2D eigenvalue weighted by Crippen LogP contribution is -2.31. The zero-order valence-corrected chi connectivity index (χ0v) is 9.00. The van der Waals surface area contributed by atoms with Gasteiger partial charge in [0.15, 0.2) is 0 Å². The van der Waals surface area contributed by atoms with E-state index in [1.54, 1.807) is 0 Å². The molecule has 0 aromatic rings. The fraction of sp³-hybridized carbons (Fsp3) is 0.429. The Morgan fingerprint density at radius 3 is 1.72 bits per heavy atom. The summed E-state index contributed by atoms with van der Waals surface area (Å²) >= 11 is 0. The van der Waals surface area contributed by atoms with E-state index in [1.165, 1.54) is 0 Å². The number of rotatable bonds is 3. The van der Waals surface area contributed by atoms with Crippen molar-refractivity contribution in [2.75, 3.05) is 6.61 Å². The van der Waals surface area contributed by atoms with Crippen LogP contribution in [0.3, 0.4) is 0 Å². The van der Waals surface area contributed by atoms with Gasteiger partial charge in [-0.3, -0.25) is 23.4 Å². The number of Topliss-reactive ketones (excluding diaryl/α,β-unsaturated/α-hetero) is 4. The molecule has 0 spiro atoms. The molecule has 0 aliphatic heterocycles. The molecule has 0 atom stereocenters. The van der Waals surface area contributed by atoms with Crippen LogP contribution in [-0.4, -0.2) is 43.7 Å². The van der Waals surface area contributed by atoms with Crippen LogP contribution in [-0.2, 0) is 33.5 Å². The van der Waals surface area contributed by atoms with Gasteiger partial charge in [-0.2, -0.15) is 21.6 Å². The summed E-state index contributed by atoms with van der Waals surface area (Å²) in [4.78, 5) is 43.3. The Hall–Kier alpha value is -1.62. The average molecular weight is 288 g/mol. The van der Waals surface area contributed by atoms with Crippen molar-refractivity contribution in [3.8, 4) is 0 Å². The molecule has 11 heteroatoms. The van der Waals surface area contributed by atoms with Crippen molar-refractivity contribution in [1.29, 1.82) is 0 Å². The molecule has 0 amide bonds. The van der Waals surface area contributed by atoms with Crippen molar-refractivity contribution >= 4 is 33.3 Å². The third kappa shape index (κ3) is 2.31. The van der Waals surface area contributed by atoms with E-state index in [2.05, 4.69) is 4.18 Å². The topological polar surface area (TPSA) is 112 Å². The van der Waals surface area contributed by atoms with E-state index >= 15 is 0 Å². The number of hydrogen-bond donors (Lipinski definition) is 0. The third-order valence-corrected chi connectivity index (χ3v) is 2.97. The highest BCUT2D eigenvalue weighted by Gasteiger charge is 2.52. The minimum absolute atomic E-state index is 1.53. The van der Waals surface area contributed by atoms with Gasteiger partial charge in [-0.1, -0.05) is 0 Å². The number of alkyl halides is 3. The molecular formula is C7H3F3O7S. The standard InChI is InChI=1S/C7H3F3O7S/c8-7(9,10)18(15,16)17-1-2-3(11)5(13)6(14)4(2)12/h2H,1H2. The Morgan fingerprint density at radius 2 is 1.39 bits per heavy atom. The second-order valence-electron chi connectivity index (χ2n) is 3.12. The molecule has 1 saturated carbocycles. The maximum Gasteiger partial charge on any atom is 0.523 e. The molecule has 1 rings (SSSR count). The van der Waals surface area contributed by atoms with Crippen molar-refractivity contribution in [3.05, 3.63) is 0 Å². The molecule has 18 heavy (non-hydrogen) atoms. The van der Waals surface area contributed by atoms with Gasteiger partial charge >= 0.3 is 15.6 Å². The lowest BCUT2D eigenvalue weighted by atomic mass is 10.1. The second-order valence-corrected chi connectivity index (χ2v) is 4.73. The second kappa shape index (κ2) is 4.24. The SMILES string of the molecule is O=C1C(=O)C(=O)C(COS(=O)(=O)C(F)(F)F)C1=O. The van der Waals surface area contributed by atoms with Gasteiger partial charge in [-0.15, -0.1) is 0 Å². The van der Waals surface area contributed by atoms with Crippen LogP contribution in [0.15, 0.2) is 0 Å². The quantitative estimate of drug-likeness (QED) is 0.276. The summed E-state index contributed by atoms with van der Waals surface area (Å²) in [6.45, 7) is -1.53. The Labute approximate surface area is 97.0 Å². The summed E-state index contributed by atoms with van der Waals surface area (Å²) in [6.07, 6.45) is 0. The molecule has 0 bridgehead atoms. The van der Waals surface area contributed by atoms with Gasteiger partial charge in [0.2, 0.25) is 11.6 Å². The van der Waals surface area contributed by atoms with E-state index in [9.17, 15) is 40.8 Å². The summed E-state index contributed by atoms with van der Waals surface area (Å²) < 4.78 is 59.8. The fourth-order valence-corrected chi connectivity index (χ4v) is 1.48. The molecule has 0 saturated heterocycles. The molecule has 0 N–H and O–H groups in total. The highest BCUT2D eigenvalue weighted by atomic mass is 32.2. The largest absolute Gasteiger partial charge is 0.523 e. The number of ketones is 4. The van der Waals surface area contributed by atoms with Crippen LogP contribution >= 0.6 is 0 Å². The maximum atomic E-state index is 11.8. The van der Waals surface area contributed by atoms with E-state index in [1.807, 2.05) is 0 Å².